The van der Waals surface area contributed by atoms with Gasteiger partial charge in [0, 0.05) is 5.56 Å². The van der Waals surface area contributed by atoms with Crippen molar-refractivity contribution in [3.63, 3.8) is 0 Å². The molecule has 3 N–H and O–H groups in total. The number of aromatic hydroxyl groups is 1. The first kappa shape index (κ1) is 17.8. The number of nitrogens with two attached hydrogens (primary N) is 1. The molecular formula is C15H20NO4+. The van der Waals surface area contributed by atoms with Crippen molar-refractivity contribution < 1.29 is 19.4 Å². The fraction of sp³-hybridized carbons (Fsp3) is 0.133. The number of benzene rings is 1. The Balaban J connectivity index is 0.000000796. The zero-order chi connectivity index (χ0) is 15.2. The van der Waals surface area contributed by atoms with Crippen LogP contribution in [0.2, 0.25) is 0 Å². The maximum Gasteiger partial charge on any atom is 0.316 e. The summed E-state index contributed by atoms with van der Waals surface area (Å²) in [6, 6.07) is 6.89. The van der Waals surface area contributed by atoms with Crippen molar-refractivity contribution >= 4 is 6.29 Å². The van der Waals surface area contributed by atoms with E-state index in [4.69, 9.17) is 9.53 Å². The van der Waals surface area contributed by atoms with Crippen LogP contribution in [0.1, 0.15) is 5.56 Å². The van der Waals surface area contributed by atoms with Crippen LogP contribution >= 0.6 is 0 Å². The van der Waals surface area contributed by atoms with Crippen LogP contribution in [0.5, 0.6) is 5.75 Å². The number of rotatable bonds is 6. The monoisotopic (exact) mass is 278 g/mol. The van der Waals surface area contributed by atoms with E-state index in [1.54, 1.807) is 30.6 Å². The quantitative estimate of drug-likeness (QED) is 0.209. The summed E-state index contributed by atoms with van der Waals surface area (Å²) in [5, 5.41) is 9.10. The Morgan fingerprint density at radius 1 is 1.35 bits per heavy atom. The van der Waals surface area contributed by atoms with E-state index in [1.165, 1.54) is 7.11 Å². The molecule has 1 aromatic rings. The fourth-order valence-electron chi connectivity index (χ4n) is 1.12. The van der Waals surface area contributed by atoms with E-state index >= 15 is 0 Å². The Bertz CT molecular complexity index is 447. The van der Waals surface area contributed by atoms with Crippen LogP contribution in [0.4, 0.5) is 0 Å². The third-order valence-corrected chi connectivity index (χ3v) is 2.05. The number of aldehydes is 1. The number of allylic oxidation sites excluding steroid dienone is 4. The Morgan fingerprint density at radius 3 is 2.40 bits per heavy atom. The Labute approximate surface area is 118 Å². The first-order valence-corrected chi connectivity index (χ1v) is 5.75. The van der Waals surface area contributed by atoms with Crippen LogP contribution in [-0.4, -0.2) is 18.5 Å². The lowest BCUT2D eigenvalue weighted by atomic mass is 10.2. The first-order chi connectivity index (χ1) is 9.67. The summed E-state index contributed by atoms with van der Waals surface area (Å²) in [6.07, 6.45) is 6.81. The molecule has 0 aromatic heterocycles. The number of hydrogen-bond donors (Lipinski definition) is 2. The first-order valence-electron chi connectivity index (χ1n) is 5.75. The van der Waals surface area contributed by atoms with E-state index in [1.807, 2.05) is 18.2 Å². The third kappa shape index (κ3) is 8.82. The van der Waals surface area contributed by atoms with Gasteiger partial charge in [0.15, 0.2) is 0 Å². The molecule has 20 heavy (non-hydrogen) atoms. The van der Waals surface area contributed by atoms with Gasteiger partial charge < -0.3 is 5.11 Å². The van der Waals surface area contributed by atoms with Gasteiger partial charge in [-0.2, -0.15) is 5.90 Å². The molecule has 0 saturated carbocycles. The molecule has 0 radical (unpaired) electrons. The molecule has 0 aliphatic heterocycles. The average molecular weight is 278 g/mol. The maximum atomic E-state index is 9.10. The van der Waals surface area contributed by atoms with Crippen molar-refractivity contribution in [2.45, 2.75) is 6.61 Å². The lowest BCUT2D eigenvalue weighted by molar-refractivity contribution is -0.469. The highest BCUT2D eigenvalue weighted by atomic mass is 17.3. The molecule has 1 aromatic carbocycles. The van der Waals surface area contributed by atoms with Crippen LogP contribution in [-0.2, 0) is 20.9 Å². The second-order valence-electron chi connectivity index (χ2n) is 3.46. The van der Waals surface area contributed by atoms with Crippen molar-refractivity contribution in [2.24, 2.45) is 5.90 Å². The van der Waals surface area contributed by atoms with Gasteiger partial charge >= 0.3 is 6.29 Å². The fourth-order valence-corrected chi connectivity index (χ4v) is 1.12. The van der Waals surface area contributed by atoms with Crippen LogP contribution in [0.25, 0.3) is 0 Å². The molecule has 0 aliphatic carbocycles. The number of phenols is 1. The Hall–Kier alpha value is -2.21. The summed E-state index contributed by atoms with van der Waals surface area (Å²) < 4.78 is 5.37. The molecule has 1 rings (SSSR count). The van der Waals surface area contributed by atoms with Gasteiger partial charge in [-0.05, 0) is 30.3 Å². The van der Waals surface area contributed by atoms with E-state index in [-0.39, 0.29) is 5.75 Å². The van der Waals surface area contributed by atoms with Crippen LogP contribution in [0.3, 0.4) is 0 Å². The largest absolute Gasteiger partial charge is 0.508 e. The topological polar surface area (TPSA) is 76.0 Å². The van der Waals surface area contributed by atoms with Gasteiger partial charge in [-0.3, -0.25) is 4.42 Å². The van der Waals surface area contributed by atoms with Gasteiger partial charge in [-0.1, -0.05) is 25.3 Å². The van der Waals surface area contributed by atoms with Crippen molar-refractivity contribution in [1.82, 2.24) is 0 Å². The predicted octanol–water partition coefficient (Wildman–Crippen LogP) is 2.36. The van der Waals surface area contributed by atoms with Crippen molar-refractivity contribution in [3.8, 4) is 5.75 Å². The highest BCUT2D eigenvalue weighted by molar-refractivity contribution is 5.77. The number of hydrogen-bond acceptors (Lipinski definition) is 4. The Morgan fingerprint density at radius 2 is 1.95 bits per heavy atom. The van der Waals surface area contributed by atoms with Crippen molar-refractivity contribution in [3.05, 3.63) is 66.8 Å². The molecule has 0 unspecified atom stereocenters. The summed E-state index contributed by atoms with van der Waals surface area (Å²) in [5.41, 5.74) is 1.87. The molecular weight excluding hydrogens is 258 g/mol. The molecule has 0 saturated heterocycles. The lowest BCUT2D eigenvalue weighted by Gasteiger charge is -1.90. The highest BCUT2D eigenvalue weighted by Crippen LogP contribution is 2.09. The molecule has 0 amide bonds. The minimum absolute atomic E-state index is 0.256. The van der Waals surface area contributed by atoms with Gasteiger partial charge in [-0.15, -0.1) is 4.99 Å². The minimum atomic E-state index is 0.256. The van der Waals surface area contributed by atoms with Crippen molar-refractivity contribution in [2.75, 3.05) is 7.11 Å². The summed E-state index contributed by atoms with van der Waals surface area (Å²) in [7, 11) is 1.33. The zero-order valence-electron chi connectivity index (χ0n) is 11.5. The van der Waals surface area contributed by atoms with Crippen LogP contribution in [0.15, 0.2) is 61.2 Å². The van der Waals surface area contributed by atoms with E-state index in [9.17, 15) is 0 Å². The summed E-state index contributed by atoms with van der Waals surface area (Å²) in [5.74, 6) is 4.56. The average Bonchev–Trinajstić information content (AvgIpc) is 2.48. The van der Waals surface area contributed by atoms with Crippen LogP contribution < -0.4 is 5.90 Å². The lowest BCUT2D eigenvalue weighted by Crippen LogP contribution is -1.93. The standard InChI is InChI=1S/C14H14O2.CH5NO2/c1-3-5-12(4-2)10-16-11-13-6-8-14(15)9-7-13;1-3-4-2/h3-10H,1-2,11H2;2H2,1H3/p+1/b12-5+;. The SMILES string of the molecule is C=C/C=C(\C=C)C=[O+]Cc1ccc(O)cc1.COON. The van der Waals surface area contributed by atoms with E-state index in [2.05, 4.69) is 28.9 Å². The smallest absolute Gasteiger partial charge is 0.316 e. The summed E-state index contributed by atoms with van der Waals surface area (Å²) in [4.78, 5) is 7.36. The molecule has 0 atom stereocenters. The molecule has 0 heterocycles. The normalized spacial score (nSPS) is 10.8. The van der Waals surface area contributed by atoms with E-state index in [0.29, 0.717) is 6.61 Å². The molecule has 0 spiro atoms. The van der Waals surface area contributed by atoms with Gasteiger partial charge in [0.05, 0.1) is 12.7 Å². The number of phenolic OH excluding ortho intramolecular Hbond substituents is 1. The van der Waals surface area contributed by atoms with E-state index in [0.717, 1.165) is 11.1 Å². The number of carbonyl (C=O) groups excluding carboxylic acids is 1. The van der Waals surface area contributed by atoms with Gasteiger partial charge in [0.1, 0.15) is 5.75 Å². The molecule has 108 valence electrons. The second kappa shape index (κ2) is 11.9. The summed E-state index contributed by atoms with van der Waals surface area (Å²) >= 11 is 0. The van der Waals surface area contributed by atoms with Gasteiger partial charge in [0.2, 0.25) is 0 Å². The Kier molecular flexibility index (Phi) is 10.5. The molecule has 5 heteroatoms. The predicted molar refractivity (Wildman–Crippen MR) is 78.6 cm³/mol. The third-order valence-electron chi connectivity index (χ3n) is 2.05. The summed E-state index contributed by atoms with van der Waals surface area (Å²) in [6.45, 7) is 7.71. The van der Waals surface area contributed by atoms with Crippen LogP contribution in [0, 0.1) is 0 Å². The molecule has 0 bridgehead atoms. The maximum absolute atomic E-state index is 9.10. The highest BCUT2D eigenvalue weighted by Gasteiger charge is 1.99. The minimum Gasteiger partial charge on any atom is -0.508 e. The van der Waals surface area contributed by atoms with Gasteiger partial charge in [-0.25, -0.2) is 4.89 Å². The van der Waals surface area contributed by atoms with Gasteiger partial charge in [0.25, 0.3) is 6.61 Å². The molecule has 0 aliphatic rings. The zero-order valence-corrected chi connectivity index (χ0v) is 11.5. The molecule has 5 nitrogen and oxygen atoms in total. The van der Waals surface area contributed by atoms with E-state index < -0.39 is 0 Å². The van der Waals surface area contributed by atoms with Crippen molar-refractivity contribution in [1.29, 1.82) is 0 Å². The molecule has 0 fully saturated rings. The second-order valence-corrected chi connectivity index (χ2v) is 3.46.